The van der Waals surface area contributed by atoms with Crippen LogP contribution in [0.3, 0.4) is 0 Å². The van der Waals surface area contributed by atoms with Crippen LogP contribution >= 0.6 is 0 Å². The van der Waals surface area contributed by atoms with Gasteiger partial charge in [0, 0.05) is 6.20 Å². The number of benzene rings is 1. The number of hydrogen-bond acceptors (Lipinski definition) is 3. The molecule has 106 valence electrons. The number of nitrogens with two attached hydrogens (primary N) is 1. The van der Waals surface area contributed by atoms with Crippen molar-refractivity contribution < 1.29 is 4.74 Å². The molecule has 1 atom stereocenters. The maximum atomic E-state index is 6.36. The maximum Gasteiger partial charge on any atom is 0.122 e. The molecule has 0 saturated heterocycles. The molecule has 3 nitrogen and oxygen atoms in total. The van der Waals surface area contributed by atoms with Gasteiger partial charge in [0.05, 0.1) is 18.8 Å². The second-order valence-electron chi connectivity index (χ2n) is 5.03. The quantitative estimate of drug-likeness (QED) is 0.907. The number of aryl methyl sites for hydroxylation is 2. The van der Waals surface area contributed by atoms with E-state index < -0.39 is 0 Å². The molecule has 3 heteroatoms. The van der Waals surface area contributed by atoms with E-state index in [1.807, 2.05) is 24.4 Å². The number of hydrogen-bond donors (Lipinski definition) is 1. The highest BCUT2D eigenvalue weighted by Crippen LogP contribution is 2.25. The average Bonchev–Trinajstić information content (AvgIpc) is 2.47. The van der Waals surface area contributed by atoms with Crippen molar-refractivity contribution >= 4 is 0 Å². The lowest BCUT2D eigenvalue weighted by molar-refractivity contribution is 0.407. The van der Waals surface area contributed by atoms with Gasteiger partial charge in [0.2, 0.25) is 0 Å². The van der Waals surface area contributed by atoms with Gasteiger partial charge in [-0.2, -0.15) is 0 Å². The van der Waals surface area contributed by atoms with E-state index in [9.17, 15) is 0 Å². The Morgan fingerprint density at radius 2 is 2.05 bits per heavy atom. The Hall–Kier alpha value is -1.87. The van der Waals surface area contributed by atoms with Crippen molar-refractivity contribution in [2.45, 2.75) is 32.7 Å². The molecule has 1 heterocycles. The summed E-state index contributed by atoms with van der Waals surface area (Å²) in [6.45, 7) is 4.20. The molecule has 0 aliphatic heterocycles. The standard InChI is InChI=1S/C17H22N2O/c1-4-13-6-5-9-19-17(13)15(18)11-14-10-12(2)7-8-16(14)20-3/h5-10,15H,4,11,18H2,1-3H3. The number of pyridine rings is 1. The van der Waals surface area contributed by atoms with Crippen LogP contribution in [-0.4, -0.2) is 12.1 Å². The molecular formula is C17H22N2O. The van der Waals surface area contributed by atoms with Crippen LogP contribution in [0.2, 0.25) is 0 Å². The summed E-state index contributed by atoms with van der Waals surface area (Å²) in [5.74, 6) is 0.889. The van der Waals surface area contributed by atoms with E-state index in [1.54, 1.807) is 7.11 Å². The van der Waals surface area contributed by atoms with Gasteiger partial charge < -0.3 is 10.5 Å². The predicted molar refractivity (Wildman–Crippen MR) is 82.0 cm³/mol. The molecule has 0 radical (unpaired) electrons. The fourth-order valence-electron chi connectivity index (χ4n) is 2.48. The fourth-order valence-corrected chi connectivity index (χ4v) is 2.48. The number of ether oxygens (including phenoxy) is 1. The molecule has 1 aromatic heterocycles. The molecular weight excluding hydrogens is 248 g/mol. The summed E-state index contributed by atoms with van der Waals surface area (Å²) >= 11 is 0. The fraction of sp³-hybridized carbons (Fsp3) is 0.353. The Morgan fingerprint density at radius 3 is 2.75 bits per heavy atom. The molecule has 0 aliphatic rings. The van der Waals surface area contributed by atoms with Gasteiger partial charge in [-0.05, 0) is 43.0 Å². The smallest absolute Gasteiger partial charge is 0.122 e. The van der Waals surface area contributed by atoms with E-state index in [1.165, 1.54) is 11.1 Å². The lowest BCUT2D eigenvalue weighted by Gasteiger charge is -2.17. The van der Waals surface area contributed by atoms with E-state index in [4.69, 9.17) is 10.5 Å². The second kappa shape index (κ2) is 6.53. The van der Waals surface area contributed by atoms with Crippen molar-refractivity contribution in [1.82, 2.24) is 4.98 Å². The molecule has 2 N–H and O–H groups in total. The predicted octanol–water partition coefficient (Wildman–Crippen LogP) is 3.20. The van der Waals surface area contributed by atoms with Gasteiger partial charge >= 0.3 is 0 Å². The second-order valence-corrected chi connectivity index (χ2v) is 5.03. The molecule has 2 aromatic rings. The van der Waals surface area contributed by atoms with Crippen molar-refractivity contribution in [2.75, 3.05) is 7.11 Å². The Kier molecular flexibility index (Phi) is 4.74. The Labute approximate surface area is 120 Å². The molecule has 2 rings (SSSR count). The van der Waals surface area contributed by atoms with Crippen LogP contribution in [0, 0.1) is 6.92 Å². The summed E-state index contributed by atoms with van der Waals surface area (Å²) in [6.07, 6.45) is 3.48. The summed E-state index contributed by atoms with van der Waals surface area (Å²) in [5, 5.41) is 0. The van der Waals surface area contributed by atoms with Crippen LogP contribution in [0.15, 0.2) is 36.5 Å². The van der Waals surface area contributed by atoms with Crippen LogP contribution in [-0.2, 0) is 12.8 Å². The van der Waals surface area contributed by atoms with E-state index >= 15 is 0 Å². The lowest BCUT2D eigenvalue weighted by Crippen LogP contribution is -2.17. The summed E-state index contributed by atoms with van der Waals surface area (Å²) in [4.78, 5) is 4.46. The van der Waals surface area contributed by atoms with Crippen LogP contribution in [0.5, 0.6) is 5.75 Å². The molecule has 1 aromatic carbocycles. The van der Waals surface area contributed by atoms with Gasteiger partial charge in [0.1, 0.15) is 5.75 Å². The number of aromatic nitrogens is 1. The number of rotatable bonds is 5. The van der Waals surface area contributed by atoms with Gasteiger partial charge in [-0.3, -0.25) is 4.98 Å². The lowest BCUT2D eigenvalue weighted by atomic mass is 9.97. The largest absolute Gasteiger partial charge is 0.496 e. The van der Waals surface area contributed by atoms with Gasteiger partial charge in [-0.1, -0.05) is 30.7 Å². The Bertz CT molecular complexity index is 581. The first-order valence-electron chi connectivity index (χ1n) is 6.98. The first kappa shape index (κ1) is 14.5. The summed E-state index contributed by atoms with van der Waals surface area (Å²) in [6, 6.07) is 10.1. The first-order chi connectivity index (χ1) is 9.65. The zero-order valence-corrected chi connectivity index (χ0v) is 12.4. The van der Waals surface area contributed by atoms with E-state index in [0.717, 1.165) is 29.8 Å². The third-order valence-corrected chi connectivity index (χ3v) is 3.53. The zero-order valence-electron chi connectivity index (χ0n) is 12.4. The van der Waals surface area contributed by atoms with Gasteiger partial charge in [0.15, 0.2) is 0 Å². The van der Waals surface area contributed by atoms with Crippen molar-refractivity contribution in [3.63, 3.8) is 0 Å². The van der Waals surface area contributed by atoms with E-state index in [2.05, 4.69) is 31.0 Å². The summed E-state index contributed by atoms with van der Waals surface area (Å²) in [7, 11) is 1.69. The van der Waals surface area contributed by atoms with Gasteiger partial charge in [0.25, 0.3) is 0 Å². The highest BCUT2D eigenvalue weighted by atomic mass is 16.5. The van der Waals surface area contributed by atoms with Crippen molar-refractivity contribution in [1.29, 1.82) is 0 Å². The van der Waals surface area contributed by atoms with Gasteiger partial charge in [-0.25, -0.2) is 0 Å². The molecule has 0 fully saturated rings. The number of methoxy groups -OCH3 is 1. The molecule has 0 aliphatic carbocycles. The molecule has 0 bridgehead atoms. The van der Waals surface area contributed by atoms with E-state index in [-0.39, 0.29) is 6.04 Å². The minimum absolute atomic E-state index is 0.109. The van der Waals surface area contributed by atoms with Crippen LogP contribution < -0.4 is 10.5 Å². The molecule has 0 saturated carbocycles. The number of nitrogens with zero attached hydrogens (tertiary/aromatic N) is 1. The average molecular weight is 270 g/mol. The molecule has 1 unspecified atom stereocenters. The molecule has 0 amide bonds. The highest BCUT2D eigenvalue weighted by Gasteiger charge is 2.14. The molecule has 20 heavy (non-hydrogen) atoms. The van der Waals surface area contributed by atoms with Crippen molar-refractivity contribution in [3.05, 3.63) is 58.9 Å². The maximum absolute atomic E-state index is 6.36. The Balaban J connectivity index is 2.27. The summed E-state index contributed by atoms with van der Waals surface area (Å²) in [5.41, 5.74) is 10.9. The third-order valence-electron chi connectivity index (χ3n) is 3.53. The van der Waals surface area contributed by atoms with Crippen LogP contribution in [0.4, 0.5) is 0 Å². The normalized spacial score (nSPS) is 12.2. The monoisotopic (exact) mass is 270 g/mol. The van der Waals surface area contributed by atoms with E-state index in [0.29, 0.717) is 0 Å². The highest BCUT2D eigenvalue weighted by molar-refractivity contribution is 5.38. The van der Waals surface area contributed by atoms with Crippen LogP contribution in [0.25, 0.3) is 0 Å². The minimum atomic E-state index is -0.109. The molecule has 0 spiro atoms. The van der Waals surface area contributed by atoms with Crippen molar-refractivity contribution in [2.24, 2.45) is 5.73 Å². The topological polar surface area (TPSA) is 48.1 Å². The SMILES string of the molecule is CCc1cccnc1C(N)Cc1cc(C)ccc1OC. The first-order valence-corrected chi connectivity index (χ1v) is 6.98. The summed E-state index contributed by atoms with van der Waals surface area (Å²) < 4.78 is 5.42. The van der Waals surface area contributed by atoms with Crippen molar-refractivity contribution in [3.8, 4) is 5.75 Å². The zero-order chi connectivity index (χ0) is 14.5. The van der Waals surface area contributed by atoms with Crippen LogP contribution in [0.1, 0.15) is 35.3 Å². The minimum Gasteiger partial charge on any atom is -0.496 e. The Morgan fingerprint density at radius 1 is 1.25 bits per heavy atom. The third kappa shape index (κ3) is 3.17. The van der Waals surface area contributed by atoms with Gasteiger partial charge in [-0.15, -0.1) is 0 Å².